The summed E-state index contributed by atoms with van der Waals surface area (Å²) in [5.74, 6) is 5.93. The van der Waals surface area contributed by atoms with Crippen LogP contribution < -0.4 is 4.72 Å². The van der Waals surface area contributed by atoms with Gasteiger partial charge in [0, 0.05) is 19.4 Å². The van der Waals surface area contributed by atoms with Gasteiger partial charge in [-0.25, -0.2) is 13.1 Å². The Balaban J connectivity index is 2.51. The Hall–Kier alpha value is -1.31. The molecule has 0 amide bonds. The van der Waals surface area contributed by atoms with Gasteiger partial charge in [0.2, 0.25) is 10.0 Å². The molecule has 0 aromatic heterocycles. The van der Waals surface area contributed by atoms with Crippen molar-refractivity contribution in [2.24, 2.45) is 0 Å². The van der Waals surface area contributed by atoms with Crippen LogP contribution >= 0.6 is 0 Å². The minimum atomic E-state index is -3.39. The largest absolute Gasteiger partial charge is 0.240 e. The second kappa shape index (κ2) is 7.20. The molecule has 3 nitrogen and oxygen atoms in total. The van der Waals surface area contributed by atoms with Crippen molar-refractivity contribution in [1.82, 2.24) is 4.72 Å². The van der Waals surface area contributed by atoms with E-state index < -0.39 is 10.0 Å². The van der Waals surface area contributed by atoms with Gasteiger partial charge in [0.05, 0.1) is 4.90 Å². The van der Waals surface area contributed by atoms with Gasteiger partial charge in [0.1, 0.15) is 0 Å². The first-order valence-electron chi connectivity index (χ1n) is 6.08. The first-order valence-corrected chi connectivity index (χ1v) is 7.56. The van der Waals surface area contributed by atoms with E-state index in [2.05, 4.69) is 23.5 Å². The van der Waals surface area contributed by atoms with Crippen molar-refractivity contribution < 1.29 is 8.42 Å². The molecule has 1 aromatic rings. The van der Waals surface area contributed by atoms with Crippen molar-refractivity contribution in [1.29, 1.82) is 0 Å². The molecular formula is C14H19NO2S. The number of rotatable bonds is 5. The van der Waals surface area contributed by atoms with Crippen LogP contribution in [-0.4, -0.2) is 15.0 Å². The molecule has 0 unspecified atom stereocenters. The fraction of sp³-hybridized carbons (Fsp3) is 0.429. The second-order valence-electron chi connectivity index (χ2n) is 4.06. The predicted molar refractivity (Wildman–Crippen MR) is 73.7 cm³/mol. The third kappa shape index (κ3) is 4.91. The van der Waals surface area contributed by atoms with Crippen molar-refractivity contribution >= 4 is 10.0 Å². The zero-order valence-corrected chi connectivity index (χ0v) is 11.7. The van der Waals surface area contributed by atoms with Crippen LogP contribution in [0.1, 0.15) is 31.7 Å². The lowest BCUT2D eigenvalue weighted by molar-refractivity contribution is 0.582. The normalized spacial score (nSPS) is 10.8. The Labute approximate surface area is 110 Å². The maximum absolute atomic E-state index is 11.9. The molecule has 0 aliphatic heterocycles. The molecule has 0 aliphatic rings. The maximum atomic E-state index is 11.9. The van der Waals surface area contributed by atoms with Gasteiger partial charge in [-0.2, -0.15) is 0 Å². The highest BCUT2D eigenvalue weighted by molar-refractivity contribution is 7.89. The third-order valence-electron chi connectivity index (χ3n) is 2.37. The van der Waals surface area contributed by atoms with E-state index in [0.29, 0.717) is 17.9 Å². The van der Waals surface area contributed by atoms with Gasteiger partial charge in [-0.1, -0.05) is 24.6 Å². The zero-order valence-electron chi connectivity index (χ0n) is 10.9. The van der Waals surface area contributed by atoms with Gasteiger partial charge in [-0.3, -0.25) is 0 Å². The van der Waals surface area contributed by atoms with Gasteiger partial charge in [0.25, 0.3) is 0 Å². The fourth-order valence-corrected chi connectivity index (χ4v) is 2.38. The van der Waals surface area contributed by atoms with Crippen molar-refractivity contribution in [2.45, 2.75) is 38.0 Å². The van der Waals surface area contributed by atoms with Crippen LogP contribution in [0.25, 0.3) is 0 Å². The second-order valence-corrected chi connectivity index (χ2v) is 5.83. The van der Waals surface area contributed by atoms with E-state index in [9.17, 15) is 8.42 Å². The van der Waals surface area contributed by atoms with E-state index in [4.69, 9.17) is 0 Å². The summed E-state index contributed by atoms with van der Waals surface area (Å²) in [4.78, 5) is 0.301. The molecule has 1 N–H and O–H groups in total. The van der Waals surface area contributed by atoms with Crippen LogP contribution in [-0.2, 0) is 10.0 Å². The standard InChI is InChI=1S/C14H19NO2S/c1-3-4-5-6-7-12-15-18(16,17)14-10-8-13(2)9-11-14/h8-11,15H,3-4,7,12H2,1-2H3. The Morgan fingerprint density at radius 1 is 1.11 bits per heavy atom. The SMILES string of the molecule is CCCC#CCCNS(=O)(=O)c1ccc(C)cc1. The fourth-order valence-electron chi connectivity index (χ4n) is 1.35. The average Bonchev–Trinajstić information content (AvgIpc) is 2.34. The molecule has 0 fully saturated rings. The summed E-state index contributed by atoms with van der Waals surface area (Å²) in [6.45, 7) is 4.34. The highest BCUT2D eigenvalue weighted by Crippen LogP contribution is 2.09. The number of hydrogen-bond acceptors (Lipinski definition) is 2. The van der Waals surface area contributed by atoms with Crippen LogP contribution in [0.2, 0.25) is 0 Å². The smallest absolute Gasteiger partial charge is 0.210 e. The Kier molecular flexibility index (Phi) is 5.90. The minimum absolute atomic E-state index is 0.301. The molecule has 0 spiro atoms. The number of aryl methyl sites for hydroxylation is 1. The maximum Gasteiger partial charge on any atom is 0.240 e. The first-order chi connectivity index (χ1) is 8.56. The number of nitrogens with one attached hydrogen (secondary N) is 1. The molecule has 4 heteroatoms. The summed E-state index contributed by atoms with van der Waals surface area (Å²) in [5, 5.41) is 0. The molecule has 0 aliphatic carbocycles. The van der Waals surface area contributed by atoms with E-state index >= 15 is 0 Å². The van der Waals surface area contributed by atoms with Gasteiger partial charge >= 0.3 is 0 Å². The van der Waals surface area contributed by atoms with Crippen molar-refractivity contribution in [2.75, 3.05) is 6.54 Å². The molecule has 1 aromatic carbocycles. The van der Waals surface area contributed by atoms with Gasteiger partial charge in [-0.15, -0.1) is 11.8 Å². The molecule has 1 rings (SSSR count). The molecule has 18 heavy (non-hydrogen) atoms. The minimum Gasteiger partial charge on any atom is -0.210 e. The highest BCUT2D eigenvalue weighted by atomic mass is 32.2. The molecule has 0 bridgehead atoms. The summed E-state index contributed by atoms with van der Waals surface area (Å²) in [7, 11) is -3.39. The summed E-state index contributed by atoms with van der Waals surface area (Å²) >= 11 is 0. The first kappa shape index (κ1) is 14.7. The Bertz CT molecular complexity index is 521. The van der Waals surface area contributed by atoms with Crippen molar-refractivity contribution in [3.8, 4) is 11.8 Å². The molecule has 0 heterocycles. The molecule has 98 valence electrons. The summed E-state index contributed by atoms with van der Waals surface area (Å²) in [6.07, 6.45) is 2.44. The van der Waals surface area contributed by atoms with E-state index in [1.807, 2.05) is 6.92 Å². The Morgan fingerprint density at radius 3 is 2.33 bits per heavy atom. The van der Waals surface area contributed by atoms with E-state index in [-0.39, 0.29) is 0 Å². The van der Waals surface area contributed by atoms with Gasteiger partial charge in [0.15, 0.2) is 0 Å². The third-order valence-corrected chi connectivity index (χ3v) is 3.85. The number of benzene rings is 1. The van der Waals surface area contributed by atoms with E-state index in [0.717, 1.165) is 18.4 Å². The number of unbranched alkanes of at least 4 members (excludes halogenated alkanes) is 1. The van der Waals surface area contributed by atoms with Crippen LogP contribution in [0, 0.1) is 18.8 Å². The molecule has 0 radical (unpaired) electrons. The van der Waals surface area contributed by atoms with Crippen molar-refractivity contribution in [3.63, 3.8) is 0 Å². The van der Waals surface area contributed by atoms with Crippen LogP contribution in [0.15, 0.2) is 29.2 Å². The van der Waals surface area contributed by atoms with Crippen molar-refractivity contribution in [3.05, 3.63) is 29.8 Å². The van der Waals surface area contributed by atoms with E-state index in [1.54, 1.807) is 24.3 Å². The molecular weight excluding hydrogens is 246 g/mol. The number of sulfonamides is 1. The van der Waals surface area contributed by atoms with Crippen LogP contribution in [0.4, 0.5) is 0 Å². The lowest BCUT2D eigenvalue weighted by atomic mass is 10.2. The summed E-state index contributed by atoms with van der Waals surface area (Å²) in [6, 6.07) is 6.80. The lowest BCUT2D eigenvalue weighted by Gasteiger charge is -2.05. The van der Waals surface area contributed by atoms with Crippen LogP contribution in [0.5, 0.6) is 0 Å². The molecule has 0 atom stereocenters. The Morgan fingerprint density at radius 2 is 1.72 bits per heavy atom. The van der Waals surface area contributed by atoms with Gasteiger partial charge in [-0.05, 0) is 25.5 Å². The van der Waals surface area contributed by atoms with Crippen LogP contribution in [0.3, 0.4) is 0 Å². The average molecular weight is 265 g/mol. The summed E-state index contributed by atoms with van der Waals surface area (Å²) < 4.78 is 26.3. The lowest BCUT2D eigenvalue weighted by Crippen LogP contribution is -2.24. The predicted octanol–water partition coefficient (Wildman–Crippen LogP) is 2.47. The monoisotopic (exact) mass is 265 g/mol. The highest BCUT2D eigenvalue weighted by Gasteiger charge is 2.11. The van der Waals surface area contributed by atoms with Gasteiger partial charge < -0.3 is 0 Å². The molecule has 0 saturated heterocycles. The molecule has 0 saturated carbocycles. The number of hydrogen-bond donors (Lipinski definition) is 1. The summed E-state index contributed by atoms with van der Waals surface area (Å²) in [5.41, 5.74) is 1.04. The topological polar surface area (TPSA) is 46.2 Å². The quantitative estimate of drug-likeness (QED) is 0.656. The van der Waals surface area contributed by atoms with E-state index in [1.165, 1.54) is 0 Å². The zero-order chi connectivity index (χ0) is 13.4.